The van der Waals surface area contributed by atoms with Crippen LogP contribution in [0.3, 0.4) is 0 Å². The maximum Gasteiger partial charge on any atom is 0.262 e. The minimum atomic E-state index is -0.625. The number of aryl methyl sites for hydroxylation is 2. The molecular formula is C26H26ClN5O3. The monoisotopic (exact) mass is 491 g/mol. The standard InChI is InChI=1S/C26H26ClN5O3/c1-5-35-24-20(7-6-12-29-24)30-22-21(16(3)28)26(34)32(19-13-15(2)25(33)31(4)14-19)23(22)17-8-10-18(27)11-9-17/h6-14,23H,5,28H2,1-4H3. The van der Waals surface area contributed by atoms with Crippen LogP contribution in [0, 0.1) is 6.92 Å². The molecule has 0 bridgehead atoms. The van der Waals surface area contributed by atoms with Gasteiger partial charge in [0.15, 0.2) is 0 Å². The van der Waals surface area contributed by atoms with Crippen LogP contribution in [0.1, 0.15) is 31.0 Å². The van der Waals surface area contributed by atoms with Gasteiger partial charge in [-0.2, -0.15) is 0 Å². The highest BCUT2D eigenvalue weighted by Crippen LogP contribution is 2.41. The zero-order chi connectivity index (χ0) is 25.3. The van der Waals surface area contributed by atoms with Gasteiger partial charge in [0.25, 0.3) is 11.5 Å². The minimum absolute atomic E-state index is 0.139. The molecule has 0 saturated carbocycles. The van der Waals surface area contributed by atoms with Crippen molar-refractivity contribution in [2.75, 3.05) is 11.5 Å². The van der Waals surface area contributed by atoms with E-state index in [0.717, 1.165) is 5.56 Å². The van der Waals surface area contributed by atoms with Crippen molar-refractivity contribution in [2.24, 2.45) is 17.8 Å². The van der Waals surface area contributed by atoms with Crippen molar-refractivity contribution in [3.8, 4) is 5.88 Å². The number of pyridine rings is 2. The summed E-state index contributed by atoms with van der Waals surface area (Å²) in [5.74, 6) is 0.0406. The van der Waals surface area contributed by atoms with E-state index in [1.54, 1.807) is 68.5 Å². The SMILES string of the molecule is CCOc1ncccc1N=C1C(=C(C)N)C(=O)N(c2cc(C)c(=O)n(C)c2)C1c1ccc(Cl)cc1. The number of carbonyl (C=O) groups excluding carboxylic acids is 1. The van der Waals surface area contributed by atoms with Crippen molar-refractivity contribution in [1.82, 2.24) is 9.55 Å². The van der Waals surface area contributed by atoms with E-state index in [1.807, 2.05) is 19.1 Å². The van der Waals surface area contributed by atoms with Gasteiger partial charge >= 0.3 is 0 Å². The van der Waals surface area contributed by atoms with Crippen molar-refractivity contribution < 1.29 is 9.53 Å². The lowest BCUT2D eigenvalue weighted by atomic mass is 9.99. The highest BCUT2D eigenvalue weighted by Gasteiger charge is 2.44. The van der Waals surface area contributed by atoms with Gasteiger partial charge in [-0.3, -0.25) is 14.5 Å². The number of aromatic nitrogens is 2. The lowest BCUT2D eigenvalue weighted by Gasteiger charge is -2.25. The average molecular weight is 492 g/mol. The fourth-order valence-electron chi connectivity index (χ4n) is 4.15. The van der Waals surface area contributed by atoms with E-state index < -0.39 is 6.04 Å². The average Bonchev–Trinajstić information content (AvgIpc) is 3.11. The lowest BCUT2D eigenvalue weighted by Crippen LogP contribution is -2.31. The smallest absolute Gasteiger partial charge is 0.262 e. The summed E-state index contributed by atoms with van der Waals surface area (Å²) in [7, 11) is 1.65. The summed E-state index contributed by atoms with van der Waals surface area (Å²) in [4.78, 5) is 37.0. The molecule has 0 aliphatic carbocycles. The molecule has 2 N–H and O–H groups in total. The second-order valence-corrected chi connectivity index (χ2v) is 8.68. The third-order valence-electron chi connectivity index (χ3n) is 5.69. The van der Waals surface area contributed by atoms with Crippen LogP contribution in [0.5, 0.6) is 5.88 Å². The molecule has 1 saturated heterocycles. The largest absolute Gasteiger partial charge is 0.476 e. The Labute approximate surface area is 208 Å². The number of carbonyl (C=O) groups is 1. The van der Waals surface area contributed by atoms with E-state index in [-0.39, 0.29) is 11.5 Å². The summed E-state index contributed by atoms with van der Waals surface area (Å²) in [6, 6.07) is 11.8. The second-order valence-electron chi connectivity index (χ2n) is 8.24. The second kappa shape index (κ2) is 9.76. The van der Waals surface area contributed by atoms with Crippen LogP contribution >= 0.6 is 11.6 Å². The van der Waals surface area contributed by atoms with E-state index in [4.69, 9.17) is 27.1 Å². The predicted molar refractivity (Wildman–Crippen MR) is 137 cm³/mol. The summed E-state index contributed by atoms with van der Waals surface area (Å²) >= 11 is 6.16. The quantitative estimate of drug-likeness (QED) is 0.538. The predicted octanol–water partition coefficient (Wildman–Crippen LogP) is 4.23. The molecule has 1 unspecified atom stereocenters. The van der Waals surface area contributed by atoms with Crippen molar-refractivity contribution in [2.45, 2.75) is 26.8 Å². The van der Waals surface area contributed by atoms with Gasteiger partial charge in [0.1, 0.15) is 11.7 Å². The highest BCUT2D eigenvalue weighted by molar-refractivity contribution is 6.36. The molecule has 1 atom stereocenters. The molecule has 3 heterocycles. The van der Waals surface area contributed by atoms with Gasteiger partial charge in [-0.15, -0.1) is 0 Å². The zero-order valence-electron chi connectivity index (χ0n) is 19.9. The number of anilines is 1. The molecular weight excluding hydrogens is 466 g/mol. The van der Waals surface area contributed by atoms with E-state index in [9.17, 15) is 9.59 Å². The van der Waals surface area contributed by atoms with Gasteiger partial charge in [-0.1, -0.05) is 23.7 Å². The normalized spacial score (nSPS) is 18.3. The first kappa shape index (κ1) is 24.2. The number of aliphatic imine (C=N–C) groups is 1. The topological polar surface area (TPSA) is 103 Å². The van der Waals surface area contributed by atoms with Gasteiger partial charge in [-0.25, -0.2) is 9.98 Å². The Morgan fingerprint density at radius 1 is 1.23 bits per heavy atom. The number of rotatable bonds is 5. The first-order valence-electron chi connectivity index (χ1n) is 11.1. The van der Waals surface area contributed by atoms with Crippen molar-refractivity contribution >= 4 is 34.6 Å². The molecule has 2 aromatic heterocycles. The summed E-state index contributed by atoms with van der Waals surface area (Å²) < 4.78 is 7.12. The Balaban J connectivity index is 2.01. The number of amides is 1. The number of hydrogen-bond donors (Lipinski definition) is 1. The van der Waals surface area contributed by atoms with E-state index in [2.05, 4.69) is 4.98 Å². The fraction of sp³-hybridized carbons (Fsp3) is 0.231. The van der Waals surface area contributed by atoms with E-state index >= 15 is 0 Å². The molecule has 1 aliphatic heterocycles. The van der Waals surface area contributed by atoms with Crippen LogP contribution < -0.4 is 20.9 Å². The molecule has 1 aliphatic rings. The first-order chi connectivity index (χ1) is 16.7. The Morgan fingerprint density at radius 2 is 1.94 bits per heavy atom. The van der Waals surface area contributed by atoms with E-state index in [1.165, 1.54) is 4.57 Å². The van der Waals surface area contributed by atoms with Crippen molar-refractivity contribution in [3.63, 3.8) is 0 Å². The number of benzene rings is 1. The highest BCUT2D eigenvalue weighted by atomic mass is 35.5. The van der Waals surface area contributed by atoms with Crippen LogP contribution in [0.25, 0.3) is 0 Å². The zero-order valence-corrected chi connectivity index (χ0v) is 20.7. The molecule has 4 rings (SSSR count). The van der Waals surface area contributed by atoms with Crippen LogP contribution in [-0.2, 0) is 11.8 Å². The Morgan fingerprint density at radius 3 is 2.57 bits per heavy atom. The molecule has 8 nitrogen and oxygen atoms in total. The molecule has 180 valence electrons. The van der Waals surface area contributed by atoms with E-state index in [0.29, 0.717) is 51.4 Å². The number of nitrogens with zero attached hydrogens (tertiary/aromatic N) is 4. The Bertz CT molecular complexity index is 1380. The van der Waals surface area contributed by atoms with Gasteiger partial charge < -0.3 is 15.0 Å². The van der Waals surface area contributed by atoms with Crippen LogP contribution in [0.15, 0.2) is 75.9 Å². The minimum Gasteiger partial charge on any atom is -0.476 e. The number of hydrogen-bond acceptors (Lipinski definition) is 6. The summed E-state index contributed by atoms with van der Waals surface area (Å²) in [5, 5.41) is 0.567. The summed E-state index contributed by atoms with van der Waals surface area (Å²) in [5.41, 5.74) is 9.52. The molecule has 0 spiro atoms. The van der Waals surface area contributed by atoms with Gasteiger partial charge in [0.05, 0.1) is 23.6 Å². The Hall–Kier alpha value is -3.91. The van der Waals surface area contributed by atoms with Crippen molar-refractivity contribution in [3.05, 3.63) is 92.6 Å². The lowest BCUT2D eigenvalue weighted by molar-refractivity contribution is -0.114. The molecule has 9 heteroatoms. The van der Waals surface area contributed by atoms with Gasteiger partial charge in [0, 0.05) is 35.7 Å². The summed E-state index contributed by atoms with van der Waals surface area (Å²) in [6.07, 6.45) is 3.26. The Kier molecular flexibility index (Phi) is 6.75. The molecule has 35 heavy (non-hydrogen) atoms. The number of nitrogens with two attached hydrogens (primary N) is 1. The van der Waals surface area contributed by atoms with Crippen LogP contribution in [0.4, 0.5) is 11.4 Å². The third-order valence-corrected chi connectivity index (χ3v) is 5.94. The number of allylic oxidation sites excluding steroid dienone is 1. The van der Waals surface area contributed by atoms with Crippen molar-refractivity contribution in [1.29, 1.82) is 0 Å². The van der Waals surface area contributed by atoms with Gasteiger partial charge in [-0.05, 0) is 56.7 Å². The number of halogens is 1. The molecule has 1 aromatic carbocycles. The molecule has 1 amide bonds. The molecule has 0 radical (unpaired) electrons. The maximum absolute atomic E-state index is 13.9. The molecule has 3 aromatic rings. The first-order valence-corrected chi connectivity index (χ1v) is 11.5. The van der Waals surface area contributed by atoms with Gasteiger partial charge in [0.2, 0.25) is 5.88 Å². The third kappa shape index (κ3) is 4.57. The fourth-order valence-corrected chi connectivity index (χ4v) is 4.27. The molecule has 1 fully saturated rings. The maximum atomic E-state index is 13.9. The van der Waals surface area contributed by atoms with Crippen LogP contribution in [0.2, 0.25) is 5.02 Å². The number of ether oxygens (including phenoxy) is 1. The van der Waals surface area contributed by atoms with Crippen LogP contribution in [-0.4, -0.2) is 27.8 Å². The summed E-state index contributed by atoms with van der Waals surface area (Å²) in [6.45, 7) is 5.66.